The molecule has 0 atom stereocenters. The molecule has 0 saturated heterocycles. The molecule has 0 spiro atoms. The standard InChI is InChI=1S/C17H13N5O/c1-12-7-5-6-10-14(12)17-18-16(20-23-17)15-11-22(21-19-15)13-8-3-2-4-9-13/h2-11H,1H3. The van der Waals surface area contributed by atoms with E-state index in [1.165, 1.54) is 0 Å². The molecular weight excluding hydrogens is 290 g/mol. The van der Waals surface area contributed by atoms with E-state index in [2.05, 4.69) is 20.5 Å². The summed E-state index contributed by atoms with van der Waals surface area (Å²) in [6.45, 7) is 2.00. The number of rotatable bonds is 3. The van der Waals surface area contributed by atoms with Crippen LogP contribution >= 0.6 is 0 Å². The maximum absolute atomic E-state index is 5.36. The van der Waals surface area contributed by atoms with Crippen molar-refractivity contribution in [2.24, 2.45) is 0 Å². The van der Waals surface area contributed by atoms with E-state index in [9.17, 15) is 0 Å². The molecule has 4 rings (SSSR count). The van der Waals surface area contributed by atoms with E-state index in [4.69, 9.17) is 4.52 Å². The Morgan fingerprint density at radius 2 is 1.74 bits per heavy atom. The molecule has 0 aliphatic heterocycles. The van der Waals surface area contributed by atoms with Gasteiger partial charge in [-0.25, -0.2) is 4.68 Å². The van der Waals surface area contributed by atoms with Crippen LogP contribution in [0.4, 0.5) is 0 Å². The van der Waals surface area contributed by atoms with Gasteiger partial charge in [0.15, 0.2) is 5.69 Å². The summed E-state index contributed by atoms with van der Waals surface area (Å²) in [4.78, 5) is 4.42. The van der Waals surface area contributed by atoms with Crippen molar-refractivity contribution >= 4 is 0 Å². The Morgan fingerprint density at radius 1 is 0.957 bits per heavy atom. The smallest absolute Gasteiger partial charge is 0.258 e. The topological polar surface area (TPSA) is 69.6 Å². The van der Waals surface area contributed by atoms with Gasteiger partial charge in [0.05, 0.1) is 11.9 Å². The second-order valence-electron chi connectivity index (χ2n) is 5.12. The first-order valence-electron chi connectivity index (χ1n) is 7.19. The minimum Gasteiger partial charge on any atom is -0.334 e. The molecule has 2 heterocycles. The molecule has 4 aromatic rings. The first-order valence-corrected chi connectivity index (χ1v) is 7.19. The SMILES string of the molecule is Cc1ccccc1-c1nc(-c2cn(-c3ccccc3)nn2)no1. The van der Waals surface area contributed by atoms with E-state index >= 15 is 0 Å². The normalized spacial score (nSPS) is 10.8. The van der Waals surface area contributed by atoms with Crippen LogP contribution in [0, 0.1) is 6.92 Å². The lowest BCUT2D eigenvalue weighted by Crippen LogP contribution is -1.93. The highest BCUT2D eigenvalue weighted by Gasteiger charge is 2.15. The van der Waals surface area contributed by atoms with E-state index in [0.29, 0.717) is 17.4 Å². The Balaban J connectivity index is 1.68. The number of nitrogens with zero attached hydrogens (tertiary/aromatic N) is 5. The van der Waals surface area contributed by atoms with Crippen molar-refractivity contribution in [3.8, 4) is 28.7 Å². The molecule has 23 heavy (non-hydrogen) atoms. The molecule has 2 aromatic carbocycles. The van der Waals surface area contributed by atoms with Crippen molar-refractivity contribution < 1.29 is 4.52 Å². The molecule has 6 nitrogen and oxygen atoms in total. The summed E-state index contributed by atoms with van der Waals surface area (Å²) in [5, 5.41) is 12.2. The number of hydrogen-bond acceptors (Lipinski definition) is 5. The van der Waals surface area contributed by atoms with Crippen LogP contribution in [0.15, 0.2) is 65.3 Å². The quantitative estimate of drug-likeness (QED) is 0.581. The largest absolute Gasteiger partial charge is 0.334 e. The molecule has 0 aliphatic rings. The highest BCUT2D eigenvalue weighted by Crippen LogP contribution is 2.23. The molecule has 0 aliphatic carbocycles. The number of hydrogen-bond donors (Lipinski definition) is 0. The van der Waals surface area contributed by atoms with Crippen LogP contribution in [0.5, 0.6) is 0 Å². The summed E-state index contributed by atoms with van der Waals surface area (Å²) in [5.41, 5.74) is 3.49. The van der Waals surface area contributed by atoms with Gasteiger partial charge in [-0.15, -0.1) is 5.10 Å². The molecular formula is C17H13N5O. The van der Waals surface area contributed by atoms with Crippen LogP contribution in [-0.4, -0.2) is 25.1 Å². The highest BCUT2D eigenvalue weighted by atomic mass is 16.5. The van der Waals surface area contributed by atoms with Crippen molar-refractivity contribution in [3.05, 3.63) is 66.4 Å². The van der Waals surface area contributed by atoms with E-state index in [-0.39, 0.29) is 0 Å². The molecule has 0 amide bonds. The Kier molecular flexibility index (Phi) is 3.20. The Hall–Kier alpha value is -3.28. The van der Waals surface area contributed by atoms with Crippen molar-refractivity contribution in [1.29, 1.82) is 0 Å². The Bertz CT molecular complexity index is 942. The van der Waals surface area contributed by atoms with Gasteiger partial charge in [0.2, 0.25) is 5.82 Å². The maximum atomic E-state index is 5.36. The fourth-order valence-electron chi connectivity index (χ4n) is 2.32. The minimum atomic E-state index is 0.422. The highest BCUT2D eigenvalue weighted by molar-refractivity contribution is 5.60. The Labute approximate surface area is 132 Å². The zero-order valence-electron chi connectivity index (χ0n) is 12.4. The second-order valence-corrected chi connectivity index (χ2v) is 5.12. The maximum Gasteiger partial charge on any atom is 0.258 e. The van der Waals surface area contributed by atoms with Gasteiger partial charge >= 0.3 is 0 Å². The molecule has 0 fully saturated rings. The van der Waals surface area contributed by atoms with Gasteiger partial charge in [-0.2, -0.15) is 4.98 Å². The zero-order chi connectivity index (χ0) is 15.6. The molecule has 112 valence electrons. The predicted octanol–water partition coefficient (Wildman–Crippen LogP) is 3.29. The van der Waals surface area contributed by atoms with Gasteiger partial charge in [0, 0.05) is 5.56 Å². The lowest BCUT2D eigenvalue weighted by Gasteiger charge is -1.97. The van der Waals surface area contributed by atoms with Gasteiger partial charge in [-0.1, -0.05) is 46.8 Å². The van der Waals surface area contributed by atoms with Gasteiger partial charge in [0.1, 0.15) is 0 Å². The van der Waals surface area contributed by atoms with Crippen molar-refractivity contribution in [2.45, 2.75) is 6.92 Å². The third-order valence-corrected chi connectivity index (χ3v) is 3.54. The summed E-state index contributed by atoms with van der Waals surface area (Å²) in [7, 11) is 0. The summed E-state index contributed by atoms with van der Waals surface area (Å²) >= 11 is 0. The molecule has 0 unspecified atom stereocenters. The summed E-state index contributed by atoms with van der Waals surface area (Å²) < 4.78 is 7.04. The molecule has 0 radical (unpaired) electrons. The van der Waals surface area contributed by atoms with E-state index in [1.807, 2.05) is 61.5 Å². The van der Waals surface area contributed by atoms with Crippen LogP contribution < -0.4 is 0 Å². The third kappa shape index (κ3) is 2.50. The van der Waals surface area contributed by atoms with Gasteiger partial charge in [0.25, 0.3) is 5.89 Å². The number of aryl methyl sites for hydroxylation is 1. The lowest BCUT2D eigenvalue weighted by molar-refractivity contribution is 0.432. The first kappa shape index (κ1) is 13.4. The van der Waals surface area contributed by atoms with Crippen molar-refractivity contribution in [3.63, 3.8) is 0 Å². The van der Waals surface area contributed by atoms with E-state index in [0.717, 1.165) is 16.8 Å². The van der Waals surface area contributed by atoms with Gasteiger partial charge in [-0.05, 0) is 30.7 Å². The molecule has 2 aromatic heterocycles. The van der Waals surface area contributed by atoms with E-state index in [1.54, 1.807) is 10.9 Å². The average Bonchev–Trinajstić information content (AvgIpc) is 3.25. The molecule has 6 heteroatoms. The minimum absolute atomic E-state index is 0.422. The van der Waals surface area contributed by atoms with Gasteiger partial charge in [-0.3, -0.25) is 0 Å². The summed E-state index contributed by atoms with van der Waals surface area (Å²) in [5.74, 6) is 0.901. The average molecular weight is 303 g/mol. The molecule has 0 saturated carbocycles. The summed E-state index contributed by atoms with van der Waals surface area (Å²) in [6.07, 6.45) is 1.78. The summed E-state index contributed by atoms with van der Waals surface area (Å²) in [6, 6.07) is 17.6. The second kappa shape index (κ2) is 5.49. The fraction of sp³-hybridized carbons (Fsp3) is 0.0588. The molecule has 0 N–H and O–H groups in total. The number of benzene rings is 2. The van der Waals surface area contributed by atoms with Crippen molar-refractivity contribution in [2.75, 3.05) is 0 Å². The lowest BCUT2D eigenvalue weighted by atomic mass is 10.1. The van der Waals surface area contributed by atoms with Crippen LogP contribution in [0.25, 0.3) is 28.7 Å². The van der Waals surface area contributed by atoms with Crippen molar-refractivity contribution in [1.82, 2.24) is 25.1 Å². The number of aromatic nitrogens is 5. The van der Waals surface area contributed by atoms with Crippen LogP contribution in [0.2, 0.25) is 0 Å². The van der Waals surface area contributed by atoms with Crippen LogP contribution in [-0.2, 0) is 0 Å². The van der Waals surface area contributed by atoms with Crippen LogP contribution in [0.3, 0.4) is 0 Å². The third-order valence-electron chi connectivity index (χ3n) is 3.54. The zero-order valence-corrected chi connectivity index (χ0v) is 12.4. The first-order chi connectivity index (χ1) is 11.3. The predicted molar refractivity (Wildman–Crippen MR) is 84.8 cm³/mol. The van der Waals surface area contributed by atoms with E-state index < -0.39 is 0 Å². The van der Waals surface area contributed by atoms with Gasteiger partial charge < -0.3 is 4.52 Å². The Morgan fingerprint density at radius 3 is 2.57 bits per heavy atom. The van der Waals surface area contributed by atoms with Crippen LogP contribution in [0.1, 0.15) is 5.56 Å². The monoisotopic (exact) mass is 303 g/mol. The molecule has 0 bridgehead atoms. The number of para-hydroxylation sites is 1. The fourth-order valence-corrected chi connectivity index (χ4v) is 2.32.